The van der Waals surface area contributed by atoms with Gasteiger partial charge < -0.3 is 20.5 Å². The van der Waals surface area contributed by atoms with Gasteiger partial charge in [-0.25, -0.2) is 4.79 Å². The summed E-state index contributed by atoms with van der Waals surface area (Å²) in [5.74, 6) is 0.482. The number of rotatable bonds is 6. The molecule has 0 radical (unpaired) electrons. The summed E-state index contributed by atoms with van der Waals surface area (Å²) >= 11 is 0. The average Bonchev–Trinajstić information content (AvgIpc) is 2.99. The zero-order valence-electron chi connectivity index (χ0n) is 13.2. The number of nitrogens with zero attached hydrogens (tertiary/aromatic N) is 1. The van der Waals surface area contributed by atoms with Crippen molar-refractivity contribution in [3.8, 4) is 0 Å². The molecule has 0 atom stereocenters. The van der Waals surface area contributed by atoms with Crippen molar-refractivity contribution < 1.29 is 14.1 Å². The minimum absolute atomic E-state index is 0.133. The second-order valence-electron chi connectivity index (χ2n) is 5.06. The Kier molecular flexibility index (Phi) is 5.74. The lowest BCUT2D eigenvalue weighted by Gasteiger charge is -2.08. The summed E-state index contributed by atoms with van der Waals surface area (Å²) in [7, 11) is 0. The van der Waals surface area contributed by atoms with Gasteiger partial charge in [-0.05, 0) is 24.1 Å². The van der Waals surface area contributed by atoms with Crippen LogP contribution in [-0.4, -0.2) is 17.1 Å². The first kappa shape index (κ1) is 16.5. The van der Waals surface area contributed by atoms with Gasteiger partial charge in [-0.15, -0.1) is 0 Å². The summed E-state index contributed by atoms with van der Waals surface area (Å²) in [6.45, 7) is 4.07. The van der Waals surface area contributed by atoms with Crippen LogP contribution in [0.1, 0.15) is 30.9 Å². The number of nitrogens with one attached hydrogen (secondary N) is 3. The molecule has 0 saturated heterocycles. The Morgan fingerprint density at radius 2 is 1.96 bits per heavy atom. The molecule has 1 heterocycles. The highest BCUT2D eigenvalue weighted by Gasteiger charge is 2.05. The van der Waals surface area contributed by atoms with Crippen molar-refractivity contribution >= 4 is 17.6 Å². The Labute approximate surface area is 134 Å². The molecule has 0 bridgehead atoms. The third kappa shape index (κ3) is 5.46. The number of anilines is 1. The Morgan fingerprint density at radius 3 is 2.65 bits per heavy atom. The number of benzene rings is 1. The molecule has 7 heteroatoms. The zero-order chi connectivity index (χ0) is 16.7. The van der Waals surface area contributed by atoms with E-state index in [1.165, 1.54) is 6.92 Å². The number of amides is 3. The smallest absolute Gasteiger partial charge is 0.315 e. The minimum Gasteiger partial charge on any atom is -0.359 e. The standard InChI is InChI=1S/C16H20N4O3/c1-3-13-8-15(23-20-13)10-18-16(22)17-9-12-5-4-6-14(7-12)19-11(2)21/h4-8H,3,9-10H2,1-2H3,(H,19,21)(H2,17,18,22). The van der Waals surface area contributed by atoms with Crippen LogP contribution in [0.4, 0.5) is 10.5 Å². The van der Waals surface area contributed by atoms with Crippen molar-refractivity contribution in [3.05, 3.63) is 47.3 Å². The van der Waals surface area contributed by atoms with Gasteiger partial charge in [0.05, 0.1) is 12.2 Å². The van der Waals surface area contributed by atoms with Gasteiger partial charge >= 0.3 is 6.03 Å². The highest BCUT2D eigenvalue weighted by Crippen LogP contribution is 2.10. The summed E-state index contributed by atoms with van der Waals surface area (Å²) in [6, 6.07) is 8.81. The molecule has 23 heavy (non-hydrogen) atoms. The van der Waals surface area contributed by atoms with Crippen LogP contribution in [0.2, 0.25) is 0 Å². The molecule has 3 amide bonds. The highest BCUT2D eigenvalue weighted by molar-refractivity contribution is 5.88. The third-order valence-corrected chi connectivity index (χ3v) is 3.09. The maximum atomic E-state index is 11.8. The third-order valence-electron chi connectivity index (χ3n) is 3.09. The molecule has 2 rings (SSSR count). The van der Waals surface area contributed by atoms with Crippen molar-refractivity contribution in [3.63, 3.8) is 0 Å². The van der Waals surface area contributed by atoms with Crippen LogP contribution < -0.4 is 16.0 Å². The van der Waals surface area contributed by atoms with Crippen molar-refractivity contribution in [2.24, 2.45) is 0 Å². The van der Waals surface area contributed by atoms with E-state index in [1.54, 1.807) is 6.07 Å². The van der Waals surface area contributed by atoms with Crippen LogP contribution in [0.3, 0.4) is 0 Å². The first-order valence-corrected chi connectivity index (χ1v) is 7.39. The topological polar surface area (TPSA) is 96.3 Å². The fourth-order valence-corrected chi connectivity index (χ4v) is 1.98. The Morgan fingerprint density at radius 1 is 1.17 bits per heavy atom. The summed E-state index contributed by atoms with van der Waals surface area (Å²) in [5.41, 5.74) is 2.45. The van der Waals surface area contributed by atoms with Crippen LogP contribution in [0.5, 0.6) is 0 Å². The van der Waals surface area contributed by atoms with E-state index in [0.29, 0.717) is 18.0 Å². The number of aryl methyl sites for hydroxylation is 1. The molecule has 122 valence electrons. The lowest BCUT2D eigenvalue weighted by molar-refractivity contribution is -0.114. The summed E-state index contributed by atoms with van der Waals surface area (Å²) < 4.78 is 5.09. The van der Waals surface area contributed by atoms with E-state index in [9.17, 15) is 9.59 Å². The van der Waals surface area contributed by atoms with Gasteiger partial charge in [0.15, 0.2) is 5.76 Å². The summed E-state index contributed by atoms with van der Waals surface area (Å²) in [5, 5.41) is 12.0. The maximum Gasteiger partial charge on any atom is 0.315 e. The molecule has 0 aliphatic carbocycles. The molecule has 0 unspecified atom stereocenters. The lowest BCUT2D eigenvalue weighted by Crippen LogP contribution is -2.34. The molecule has 1 aromatic carbocycles. The number of urea groups is 1. The molecule has 0 aliphatic heterocycles. The van der Waals surface area contributed by atoms with E-state index >= 15 is 0 Å². The monoisotopic (exact) mass is 316 g/mol. The predicted molar refractivity (Wildman–Crippen MR) is 85.7 cm³/mol. The maximum absolute atomic E-state index is 11.8. The van der Waals surface area contributed by atoms with Crippen molar-refractivity contribution in [2.45, 2.75) is 33.4 Å². The SMILES string of the molecule is CCc1cc(CNC(=O)NCc2cccc(NC(C)=O)c2)on1. The molecule has 0 fully saturated rings. The van der Waals surface area contributed by atoms with Crippen LogP contribution >= 0.6 is 0 Å². The Balaban J connectivity index is 1.78. The number of carbonyl (C=O) groups is 2. The molecular weight excluding hydrogens is 296 g/mol. The van der Waals surface area contributed by atoms with Crippen molar-refractivity contribution in [1.29, 1.82) is 0 Å². The van der Waals surface area contributed by atoms with Crippen LogP contribution in [0, 0.1) is 0 Å². The van der Waals surface area contributed by atoms with E-state index < -0.39 is 0 Å². The summed E-state index contributed by atoms with van der Waals surface area (Å²) in [4.78, 5) is 22.8. The van der Waals surface area contributed by atoms with Gasteiger partial charge in [0, 0.05) is 25.2 Å². The van der Waals surface area contributed by atoms with E-state index in [1.807, 2.05) is 31.2 Å². The van der Waals surface area contributed by atoms with Crippen molar-refractivity contribution in [1.82, 2.24) is 15.8 Å². The molecule has 1 aromatic heterocycles. The van der Waals surface area contributed by atoms with Gasteiger partial charge in [-0.3, -0.25) is 4.79 Å². The fourth-order valence-electron chi connectivity index (χ4n) is 1.98. The Bertz CT molecular complexity index is 681. The van der Waals surface area contributed by atoms with E-state index in [0.717, 1.165) is 17.7 Å². The van der Waals surface area contributed by atoms with Crippen molar-refractivity contribution in [2.75, 3.05) is 5.32 Å². The lowest BCUT2D eigenvalue weighted by atomic mass is 10.2. The van der Waals surface area contributed by atoms with Gasteiger partial charge in [-0.1, -0.05) is 24.2 Å². The van der Waals surface area contributed by atoms with Crippen LogP contribution in [-0.2, 0) is 24.3 Å². The largest absolute Gasteiger partial charge is 0.359 e. The Hall–Kier alpha value is -2.83. The van der Waals surface area contributed by atoms with Gasteiger partial charge in [0.2, 0.25) is 5.91 Å². The first-order valence-electron chi connectivity index (χ1n) is 7.39. The highest BCUT2D eigenvalue weighted by atomic mass is 16.5. The fraction of sp³-hybridized carbons (Fsp3) is 0.312. The minimum atomic E-state index is -0.302. The zero-order valence-corrected chi connectivity index (χ0v) is 13.2. The van der Waals surface area contributed by atoms with Crippen LogP contribution in [0.15, 0.2) is 34.9 Å². The molecule has 3 N–H and O–H groups in total. The molecule has 0 saturated carbocycles. The quantitative estimate of drug-likeness (QED) is 0.761. The second kappa shape index (κ2) is 7.98. The predicted octanol–water partition coefficient (Wildman–Crippen LogP) is 2.19. The molecule has 0 aliphatic rings. The number of hydrogen-bond acceptors (Lipinski definition) is 4. The average molecular weight is 316 g/mol. The number of carbonyl (C=O) groups excluding carboxylic acids is 2. The second-order valence-corrected chi connectivity index (χ2v) is 5.06. The van der Waals surface area contributed by atoms with Gasteiger partial charge in [-0.2, -0.15) is 0 Å². The van der Waals surface area contributed by atoms with E-state index in [2.05, 4.69) is 21.1 Å². The molecule has 2 aromatic rings. The van der Waals surface area contributed by atoms with E-state index in [4.69, 9.17) is 4.52 Å². The molecule has 7 nitrogen and oxygen atoms in total. The number of aromatic nitrogens is 1. The first-order chi connectivity index (χ1) is 11.1. The molecular formula is C16H20N4O3. The summed E-state index contributed by atoms with van der Waals surface area (Å²) in [6.07, 6.45) is 0.792. The number of hydrogen-bond donors (Lipinski definition) is 3. The van der Waals surface area contributed by atoms with Crippen LogP contribution in [0.25, 0.3) is 0 Å². The van der Waals surface area contributed by atoms with Gasteiger partial charge in [0.1, 0.15) is 0 Å². The van der Waals surface area contributed by atoms with E-state index in [-0.39, 0.29) is 18.5 Å². The normalized spacial score (nSPS) is 10.2. The molecule has 0 spiro atoms. The van der Waals surface area contributed by atoms with Gasteiger partial charge in [0.25, 0.3) is 0 Å².